The number of rotatable bonds is 5. The Bertz CT molecular complexity index is 599. The minimum Gasteiger partial charge on any atom is -0.388 e. The molecule has 1 atom stereocenters. The molecule has 0 aliphatic rings. The third-order valence-electron chi connectivity index (χ3n) is 3.05. The zero-order valence-electron chi connectivity index (χ0n) is 12.0. The molecule has 2 aromatic rings. The molecule has 0 saturated heterocycles. The van der Waals surface area contributed by atoms with Crippen LogP contribution in [-0.2, 0) is 0 Å². The lowest BCUT2D eigenvalue weighted by molar-refractivity contribution is 0.0516. The fraction of sp³-hybridized carbons (Fsp3) is 0.467. The van der Waals surface area contributed by atoms with Gasteiger partial charge in [0.05, 0.1) is 16.8 Å². The summed E-state index contributed by atoms with van der Waals surface area (Å²) in [5.74, 6) is 0.454. The van der Waals surface area contributed by atoms with Gasteiger partial charge in [0.2, 0.25) is 0 Å². The molecule has 0 aliphatic heterocycles. The van der Waals surface area contributed by atoms with Crippen LogP contribution in [0.3, 0.4) is 0 Å². The van der Waals surface area contributed by atoms with Crippen LogP contribution in [-0.4, -0.2) is 27.2 Å². The number of aromatic nitrogens is 2. The lowest BCUT2D eigenvalue weighted by Crippen LogP contribution is -2.34. The van der Waals surface area contributed by atoms with Gasteiger partial charge in [-0.2, -0.15) is 0 Å². The molecule has 20 heavy (non-hydrogen) atoms. The maximum atomic E-state index is 10.4. The van der Waals surface area contributed by atoms with Gasteiger partial charge < -0.3 is 10.4 Å². The summed E-state index contributed by atoms with van der Waals surface area (Å²) in [5, 5.41) is 13.6. The zero-order valence-corrected chi connectivity index (χ0v) is 13.6. The predicted molar refractivity (Wildman–Crippen MR) is 85.8 cm³/mol. The molecule has 1 unspecified atom stereocenters. The summed E-state index contributed by atoms with van der Waals surface area (Å²) in [6.45, 7) is 6.56. The first-order valence-corrected chi connectivity index (χ1v) is 7.53. The van der Waals surface area contributed by atoms with Crippen LogP contribution < -0.4 is 5.32 Å². The van der Waals surface area contributed by atoms with Crippen LogP contribution in [0.4, 0.5) is 5.69 Å². The maximum absolute atomic E-state index is 10.4. The van der Waals surface area contributed by atoms with Crippen molar-refractivity contribution in [3.8, 4) is 0 Å². The molecule has 108 valence electrons. The molecule has 0 radical (unpaired) electrons. The Morgan fingerprint density at radius 2 is 2.15 bits per heavy atom. The van der Waals surface area contributed by atoms with Gasteiger partial charge >= 0.3 is 0 Å². The SMILES string of the molecule is CC(C)CC(C)(O)CNc1ccnc2cc(Br)cnc12. The Balaban J connectivity index is 2.18. The molecule has 4 nitrogen and oxygen atoms in total. The first kappa shape index (κ1) is 15.2. The second kappa shape index (κ2) is 6.06. The molecule has 2 heterocycles. The fourth-order valence-electron chi connectivity index (χ4n) is 2.39. The van der Waals surface area contributed by atoms with Crippen molar-refractivity contribution >= 4 is 32.7 Å². The summed E-state index contributed by atoms with van der Waals surface area (Å²) in [6.07, 6.45) is 4.25. The minimum absolute atomic E-state index is 0.454. The third-order valence-corrected chi connectivity index (χ3v) is 3.49. The Kier molecular flexibility index (Phi) is 4.60. The van der Waals surface area contributed by atoms with Gasteiger partial charge in [-0.05, 0) is 47.3 Å². The molecule has 0 saturated carbocycles. The average Bonchev–Trinajstić information content (AvgIpc) is 2.34. The van der Waals surface area contributed by atoms with Crippen LogP contribution in [0.5, 0.6) is 0 Å². The molecule has 0 bridgehead atoms. The van der Waals surface area contributed by atoms with E-state index in [2.05, 4.69) is 45.1 Å². The normalized spacial score (nSPS) is 14.5. The third kappa shape index (κ3) is 3.90. The molecule has 0 aromatic carbocycles. The van der Waals surface area contributed by atoms with Crippen LogP contribution in [0.1, 0.15) is 27.2 Å². The number of halogens is 1. The summed E-state index contributed by atoms with van der Waals surface area (Å²) in [4.78, 5) is 8.69. The summed E-state index contributed by atoms with van der Waals surface area (Å²) >= 11 is 3.39. The molecule has 0 fully saturated rings. The number of nitrogens with one attached hydrogen (secondary N) is 1. The molecule has 2 rings (SSSR count). The van der Waals surface area contributed by atoms with Crippen molar-refractivity contribution in [3.05, 3.63) is 29.0 Å². The summed E-state index contributed by atoms with van der Waals surface area (Å²) in [6, 6.07) is 3.81. The fourth-order valence-corrected chi connectivity index (χ4v) is 2.70. The van der Waals surface area contributed by atoms with Gasteiger partial charge in [0.15, 0.2) is 0 Å². The number of nitrogens with zero attached hydrogens (tertiary/aromatic N) is 2. The second-order valence-corrected chi connectivity index (χ2v) is 6.74. The highest BCUT2D eigenvalue weighted by atomic mass is 79.9. The van der Waals surface area contributed by atoms with Crippen molar-refractivity contribution in [2.24, 2.45) is 5.92 Å². The molecule has 0 aliphatic carbocycles. The van der Waals surface area contributed by atoms with Crippen LogP contribution >= 0.6 is 15.9 Å². The van der Waals surface area contributed by atoms with Crippen LogP contribution in [0, 0.1) is 5.92 Å². The Labute approximate surface area is 127 Å². The molecule has 2 aromatic heterocycles. The van der Waals surface area contributed by atoms with E-state index < -0.39 is 5.60 Å². The summed E-state index contributed by atoms with van der Waals surface area (Å²) in [7, 11) is 0. The molecule has 0 spiro atoms. The topological polar surface area (TPSA) is 58.0 Å². The lowest BCUT2D eigenvalue weighted by Gasteiger charge is -2.26. The van der Waals surface area contributed by atoms with Gasteiger partial charge in [-0.1, -0.05) is 13.8 Å². The van der Waals surface area contributed by atoms with Crippen molar-refractivity contribution in [2.75, 3.05) is 11.9 Å². The molecular weight excluding hydrogens is 318 g/mol. The van der Waals surface area contributed by atoms with Gasteiger partial charge in [-0.15, -0.1) is 0 Å². The monoisotopic (exact) mass is 337 g/mol. The minimum atomic E-state index is -0.737. The predicted octanol–water partition coefficient (Wildman–Crippen LogP) is 3.60. The Hall–Kier alpha value is -1.20. The van der Waals surface area contributed by atoms with Crippen LogP contribution in [0.15, 0.2) is 29.0 Å². The number of hydrogen-bond acceptors (Lipinski definition) is 4. The van der Waals surface area contributed by atoms with Gasteiger partial charge in [0.25, 0.3) is 0 Å². The summed E-state index contributed by atoms with van der Waals surface area (Å²) < 4.78 is 0.904. The largest absolute Gasteiger partial charge is 0.388 e. The van der Waals surface area contributed by atoms with Crippen LogP contribution in [0.2, 0.25) is 0 Å². The van der Waals surface area contributed by atoms with Crippen molar-refractivity contribution in [1.29, 1.82) is 0 Å². The smallest absolute Gasteiger partial charge is 0.112 e. The van der Waals surface area contributed by atoms with Crippen molar-refractivity contribution in [3.63, 3.8) is 0 Å². The maximum Gasteiger partial charge on any atom is 0.112 e. The lowest BCUT2D eigenvalue weighted by atomic mass is 9.94. The van der Waals surface area contributed by atoms with Crippen molar-refractivity contribution < 1.29 is 5.11 Å². The van der Waals surface area contributed by atoms with Gasteiger partial charge in [-0.3, -0.25) is 9.97 Å². The molecule has 5 heteroatoms. The Morgan fingerprint density at radius 3 is 2.85 bits per heavy atom. The first-order valence-electron chi connectivity index (χ1n) is 6.74. The highest BCUT2D eigenvalue weighted by molar-refractivity contribution is 9.10. The van der Waals surface area contributed by atoms with E-state index in [0.717, 1.165) is 27.6 Å². The van der Waals surface area contributed by atoms with E-state index in [1.165, 1.54) is 0 Å². The van der Waals surface area contributed by atoms with E-state index in [1.54, 1.807) is 12.4 Å². The number of pyridine rings is 2. The number of fused-ring (bicyclic) bond motifs is 1. The highest BCUT2D eigenvalue weighted by Crippen LogP contribution is 2.23. The number of anilines is 1. The average molecular weight is 338 g/mol. The number of hydrogen-bond donors (Lipinski definition) is 2. The van der Waals surface area contributed by atoms with E-state index in [4.69, 9.17) is 0 Å². The highest BCUT2D eigenvalue weighted by Gasteiger charge is 2.21. The van der Waals surface area contributed by atoms with E-state index >= 15 is 0 Å². The standard InChI is InChI=1S/C15H20BrN3O/c1-10(2)7-15(3,20)9-19-12-4-5-17-13-6-11(16)8-18-14(12)13/h4-6,8,10,20H,7,9H2,1-3H3,(H,17,19). The first-order chi connectivity index (χ1) is 9.37. The zero-order chi connectivity index (χ0) is 14.8. The van der Waals surface area contributed by atoms with E-state index in [0.29, 0.717) is 12.5 Å². The summed E-state index contributed by atoms with van der Waals surface area (Å²) in [5.41, 5.74) is 1.80. The molecular formula is C15H20BrN3O. The molecule has 2 N–H and O–H groups in total. The van der Waals surface area contributed by atoms with Gasteiger partial charge in [0.1, 0.15) is 5.52 Å². The van der Waals surface area contributed by atoms with E-state index in [1.807, 2.05) is 19.1 Å². The second-order valence-electron chi connectivity index (χ2n) is 5.83. The Morgan fingerprint density at radius 1 is 1.40 bits per heavy atom. The quantitative estimate of drug-likeness (QED) is 0.875. The van der Waals surface area contributed by atoms with E-state index in [9.17, 15) is 5.11 Å². The van der Waals surface area contributed by atoms with E-state index in [-0.39, 0.29) is 0 Å². The van der Waals surface area contributed by atoms with Gasteiger partial charge in [-0.25, -0.2) is 0 Å². The van der Waals surface area contributed by atoms with Crippen LogP contribution in [0.25, 0.3) is 11.0 Å². The number of aliphatic hydroxyl groups is 1. The molecule has 0 amide bonds. The van der Waals surface area contributed by atoms with Gasteiger partial charge in [0, 0.05) is 23.4 Å². The van der Waals surface area contributed by atoms with Crippen molar-refractivity contribution in [1.82, 2.24) is 9.97 Å². The van der Waals surface area contributed by atoms with Crippen molar-refractivity contribution in [2.45, 2.75) is 32.8 Å².